The molecule has 158 valence electrons. The average Bonchev–Trinajstić information content (AvgIpc) is 3.15. The van der Waals surface area contributed by atoms with Gasteiger partial charge in [-0.3, -0.25) is 9.59 Å². The molecular formula is C22H30ClN3O2S. The monoisotopic (exact) mass is 435 g/mol. The summed E-state index contributed by atoms with van der Waals surface area (Å²) >= 11 is 1.38. The van der Waals surface area contributed by atoms with Crippen molar-refractivity contribution >= 4 is 40.6 Å². The van der Waals surface area contributed by atoms with Crippen LogP contribution in [0.2, 0.25) is 0 Å². The Morgan fingerprint density at radius 1 is 1.10 bits per heavy atom. The molecule has 1 aromatic heterocycles. The Kier molecular flexibility index (Phi) is 8.25. The maximum Gasteiger partial charge on any atom is 0.256 e. The molecule has 0 saturated carbocycles. The number of nitrogens with two attached hydrogens (primary N) is 1. The van der Waals surface area contributed by atoms with Crippen LogP contribution in [-0.2, 0) is 0 Å². The van der Waals surface area contributed by atoms with Gasteiger partial charge in [0.15, 0.2) is 0 Å². The van der Waals surface area contributed by atoms with Gasteiger partial charge in [0.1, 0.15) is 5.00 Å². The van der Waals surface area contributed by atoms with Gasteiger partial charge in [0, 0.05) is 24.7 Å². The summed E-state index contributed by atoms with van der Waals surface area (Å²) in [6, 6.07) is 9.57. The van der Waals surface area contributed by atoms with Crippen LogP contribution in [0.15, 0.2) is 35.7 Å². The van der Waals surface area contributed by atoms with E-state index in [1.165, 1.54) is 16.9 Å². The predicted octanol–water partition coefficient (Wildman–Crippen LogP) is 4.75. The third kappa shape index (κ3) is 5.59. The molecule has 1 aliphatic rings. The predicted molar refractivity (Wildman–Crippen MR) is 122 cm³/mol. The van der Waals surface area contributed by atoms with E-state index >= 15 is 0 Å². The summed E-state index contributed by atoms with van der Waals surface area (Å²) in [7, 11) is 0. The lowest BCUT2D eigenvalue weighted by atomic mass is 9.91. The van der Waals surface area contributed by atoms with Crippen LogP contribution < -0.4 is 11.1 Å². The fourth-order valence-corrected chi connectivity index (χ4v) is 4.34. The molecule has 0 radical (unpaired) electrons. The number of benzene rings is 1. The van der Waals surface area contributed by atoms with Crippen LogP contribution in [-0.4, -0.2) is 35.8 Å². The highest BCUT2D eigenvalue weighted by Gasteiger charge is 2.27. The summed E-state index contributed by atoms with van der Waals surface area (Å²) in [5.41, 5.74) is 8.34. The van der Waals surface area contributed by atoms with E-state index in [9.17, 15) is 9.59 Å². The lowest BCUT2D eigenvalue weighted by Gasteiger charge is -2.33. The van der Waals surface area contributed by atoms with Gasteiger partial charge < -0.3 is 16.0 Å². The summed E-state index contributed by atoms with van der Waals surface area (Å²) in [6.45, 7) is 7.70. The maximum atomic E-state index is 12.9. The molecular weight excluding hydrogens is 406 g/mol. The summed E-state index contributed by atoms with van der Waals surface area (Å²) < 4.78 is 0. The van der Waals surface area contributed by atoms with E-state index in [4.69, 9.17) is 5.73 Å². The van der Waals surface area contributed by atoms with Crippen molar-refractivity contribution in [1.29, 1.82) is 0 Å². The Hall–Kier alpha value is -1.89. The smallest absolute Gasteiger partial charge is 0.256 e. The molecule has 2 amide bonds. The highest BCUT2D eigenvalue weighted by Crippen LogP contribution is 2.28. The molecule has 0 bridgehead atoms. The van der Waals surface area contributed by atoms with Gasteiger partial charge in [0.05, 0.1) is 5.56 Å². The van der Waals surface area contributed by atoms with Crippen molar-refractivity contribution in [2.45, 2.75) is 45.6 Å². The van der Waals surface area contributed by atoms with Crippen LogP contribution in [0, 0.1) is 5.92 Å². The normalized spacial score (nSPS) is 15.7. The minimum atomic E-state index is -0.192. The molecule has 3 rings (SSSR count). The molecule has 0 aliphatic carbocycles. The van der Waals surface area contributed by atoms with Gasteiger partial charge in [-0.25, -0.2) is 0 Å². The van der Waals surface area contributed by atoms with E-state index in [1.54, 1.807) is 6.07 Å². The number of nitrogens with zero attached hydrogens (tertiary/aromatic N) is 1. The highest BCUT2D eigenvalue weighted by molar-refractivity contribution is 7.14. The van der Waals surface area contributed by atoms with Crippen LogP contribution in [0.3, 0.4) is 0 Å². The van der Waals surface area contributed by atoms with E-state index in [1.807, 2.05) is 41.5 Å². The molecule has 3 N–H and O–H groups in total. The second kappa shape index (κ2) is 10.2. The van der Waals surface area contributed by atoms with Crippen LogP contribution >= 0.6 is 23.7 Å². The second-order valence-corrected chi connectivity index (χ2v) is 8.80. The SMILES string of the molecule is CC(C)c1ccc(C(=O)Nc2sccc2C(=O)N2CCC(C(C)N)CC2)cc1.Cl. The first kappa shape index (κ1) is 23.4. The van der Waals surface area contributed by atoms with Gasteiger partial charge >= 0.3 is 0 Å². The van der Waals surface area contributed by atoms with Gasteiger partial charge in [-0.1, -0.05) is 26.0 Å². The van der Waals surface area contributed by atoms with Crippen molar-refractivity contribution in [1.82, 2.24) is 4.90 Å². The molecule has 1 unspecified atom stereocenters. The molecule has 1 atom stereocenters. The number of nitrogens with one attached hydrogen (secondary N) is 1. The Labute approximate surface area is 183 Å². The van der Waals surface area contributed by atoms with Crippen molar-refractivity contribution in [3.8, 4) is 0 Å². The van der Waals surface area contributed by atoms with Gasteiger partial charge in [-0.05, 0) is 60.7 Å². The fourth-order valence-electron chi connectivity index (χ4n) is 3.57. The van der Waals surface area contributed by atoms with Crippen molar-refractivity contribution in [3.05, 3.63) is 52.4 Å². The summed E-state index contributed by atoms with van der Waals surface area (Å²) in [5.74, 6) is 0.682. The quantitative estimate of drug-likeness (QED) is 0.711. The van der Waals surface area contributed by atoms with Gasteiger partial charge in [-0.15, -0.1) is 23.7 Å². The van der Waals surface area contributed by atoms with Crippen molar-refractivity contribution in [2.24, 2.45) is 11.7 Å². The number of hydrogen-bond donors (Lipinski definition) is 2. The van der Waals surface area contributed by atoms with Gasteiger partial charge in [0.2, 0.25) is 0 Å². The minimum Gasteiger partial charge on any atom is -0.339 e. The first-order valence-corrected chi connectivity index (χ1v) is 10.8. The van der Waals surface area contributed by atoms with E-state index < -0.39 is 0 Å². The van der Waals surface area contributed by atoms with Gasteiger partial charge in [0.25, 0.3) is 11.8 Å². The molecule has 1 aromatic carbocycles. The Morgan fingerprint density at radius 2 is 1.72 bits per heavy atom. The molecule has 5 nitrogen and oxygen atoms in total. The van der Waals surface area contributed by atoms with E-state index in [0.717, 1.165) is 12.8 Å². The van der Waals surface area contributed by atoms with E-state index in [2.05, 4.69) is 19.2 Å². The molecule has 2 aromatic rings. The summed E-state index contributed by atoms with van der Waals surface area (Å²) in [6.07, 6.45) is 1.86. The number of carbonyl (C=O) groups excluding carboxylic acids is 2. The van der Waals surface area contributed by atoms with Crippen molar-refractivity contribution < 1.29 is 9.59 Å². The number of anilines is 1. The lowest BCUT2D eigenvalue weighted by Crippen LogP contribution is -2.42. The molecule has 29 heavy (non-hydrogen) atoms. The Balaban J connectivity index is 0.00000300. The molecule has 0 spiro atoms. The van der Waals surface area contributed by atoms with E-state index in [0.29, 0.717) is 41.1 Å². The van der Waals surface area contributed by atoms with Crippen LogP contribution in [0.1, 0.15) is 65.8 Å². The van der Waals surface area contributed by atoms with Crippen LogP contribution in [0.4, 0.5) is 5.00 Å². The molecule has 1 saturated heterocycles. The van der Waals surface area contributed by atoms with Crippen LogP contribution in [0.25, 0.3) is 0 Å². The van der Waals surface area contributed by atoms with E-state index in [-0.39, 0.29) is 30.3 Å². The Bertz CT molecular complexity index is 825. The number of piperidine rings is 1. The van der Waals surface area contributed by atoms with Gasteiger partial charge in [-0.2, -0.15) is 0 Å². The fraction of sp³-hybridized carbons (Fsp3) is 0.455. The molecule has 7 heteroatoms. The number of rotatable bonds is 5. The zero-order chi connectivity index (χ0) is 20.3. The van der Waals surface area contributed by atoms with Crippen molar-refractivity contribution in [3.63, 3.8) is 0 Å². The second-order valence-electron chi connectivity index (χ2n) is 7.88. The minimum absolute atomic E-state index is 0. The molecule has 1 fully saturated rings. The first-order valence-electron chi connectivity index (χ1n) is 9.90. The maximum absolute atomic E-state index is 12.9. The first-order chi connectivity index (χ1) is 13.4. The zero-order valence-electron chi connectivity index (χ0n) is 17.2. The largest absolute Gasteiger partial charge is 0.339 e. The Morgan fingerprint density at radius 3 is 2.28 bits per heavy atom. The molecule has 1 aliphatic heterocycles. The van der Waals surface area contributed by atoms with Crippen LogP contribution in [0.5, 0.6) is 0 Å². The number of carbonyl (C=O) groups is 2. The number of thiophene rings is 1. The number of halogens is 1. The standard InChI is InChI=1S/C22H29N3O2S.ClH/c1-14(2)16-4-6-18(7-5-16)20(26)24-21-19(10-13-28-21)22(27)25-11-8-17(9-12-25)15(3)23;/h4-7,10,13-15,17H,8-9,11-12,23H2,1-3H3,(H,24,26);1H. The summed E-state index contributed by atoms with van der Waals surface area (Å²) in [4.78, 5) is 27.4. The highest BCUT2D eigenvalue weighted by atomic mass is 35.5. The third-order valence-electron chi connectivity index (χ3n) is 5.53. The zero-order valence-corrected chi connectivity index (χ0v) is 18.8. The number of likely N-dealkylation sites (tertiary alicyclic amines) is 1. The van der Waals surface area contributed by atoms with Crippen molar-refractivity contribution in [2.75, 3.05) is 18.4 Å². The lowest BCUT2D eigenvalue weighted by molar-refractivity contribution is 0.0682. The number of hydrogen-bond acceptors (Lipinski definition) is 4. The average molecular weight is 436 g/mol. The number of amides is 2. The topological polar surface area (TPSA) is 75.4 Å². The summed E-state index contributed by atoms with van der Waals surface area (Å²) in [5, 5.41) is 5.37. The molecule has 2 heterocycles. The third-order valence-corrected chi connectivity index (χ3v) is 6.36.